The number of aromatic amines is 1. The van der Waals surface area contributed by atoms with Gasteiger partial charge in [0.15, 0.2) is 5.65 Å². The minimum atomic E-state index is -0.283. The number of aromatic nitrogens is 4. The van der Waals surface area contributed by atoms with Gasteiger partial charge >= 0.3 is 5.69 Å². The quantitative estimate of drug-likeness (QED) is 0.754. The second kappa shape index (κ2) is 3.62. The molecule has 6 heteroatoms. The van der Waals surface area contributed by atoms with Crippen molar-refractivity contribution in [1.29, 1.82) is 0 Å². The van der Waals surface area contributed by atoms with Gasteiger partial charge < -0.3 is 4.90 Å². The Bertz CT molecular complexity index is 552. The van der Waals surface area contributed by atoms with Crippen LogP contribution in [0, 0.1) is 0 Å². The van der Waals surface area contributed by atoms with E-state index in [0.29, 0.717) is 5.65 Å². The Morgan fingerprint density at radius 2 is 2.00 bits per heavy atom. The van der Waals surface area contributed by atoms with Gasteiger partial charge in [0.2, 0.25) is 0 Å². The maximum atomic E-state index is 11.4. The fourth-order valence-electron chi connectivity index (χ4n) is 2.08. The molecule has 0 saturated carbocycles. The van der Waals surface area contributed by atoms with E-state index >= 15 is 0 Å². The first-order valence-corrected chi connectivity index (χ1v) is 5.54. The Kier molecular flexibility index (Phi) is 2.12. The predicted molar refractivity (Wildman–Crippen MR) is 59.7 cm³/mol. The zero-order valence-electron chi connectivity index (χ0n) is 8.89. The molecule has 1 fully saturated rings. The average Bonchev–Trinajstić information content (AvgIpc) is 2.72. The summed E-state index contributed by atoms with van der Waals surface area (Å²) in [6.45, 7) is 2.04. The monoisotopic (exact) mass is 219 g/mol. The Balaban J connectivity index is 2.03. The van der Waals surface area contributed by atoms with Crippen LogP contribution in [0.2, 0.25) is 0 Å². The van der Waals surface area contributed by atoms with Gasteiger partial charge in [0, 0.05) is 13.1 Å². The van der Waals surface area contributed by atoms with E-state index in [2.05, 4.69) is 20.2 Å². The number of fused-ring (bicyclic) bond motifs is 1. The van der Waals surface area contributed by atoms with Crippen LogP contribution in [0.15, 0.2) is 16.9 Å². The van der Waals surface area contributed by atoms with Crippen LogP contribution in [0.5, 0.6) is 0 Å². The van der Waals surface area contributed by atoms with E-state index in [1.165, 1.54) is 23.8 Å². The molecule has 0 aliphatic carbocycles. The predicted octanol–water partition coefficient (Wildman–Crippen LogP) is 0.408. The molecule has 3 heterocycles. The van der Waals surface area contributed by atoms with Gasteiger partial charge in [-0.2, -0.15) is 9.61 Å². The summed E-state index contributed by atoms with van der Waals surface area (Å²) < 4.78 is 1.31. The number of nitrogens with one attached hydrogen (secondary N) is 1. The molecule has 16 heavy (non-hydrogen) atoms. The normalized spacial score (nSPS) is 16.9. The smallest absolute Gasteiger partial charge is 0.355 e. The Hall–Kier alpha value is -1.85. The first kappa shape index (κ1) is 9.38. The first-order valence-electron chi connectivity index (χ1n) is 5.54. The van der Waals surface area contributed by atoms with Crippen LogP contribution in [-0.2, 0) is 0 Å². The molecule has 1 saturated heterocycles. The molecule has 0 unspecified atom stereocenters. The summed E-state index contributed by atoms with van der Waals surface area (Å²) in [5.74, 6) is 0.857. The van der Waals surface area contributed by atoms with Crippen molar-refractivity contribution in [2.24, 2.45) is 0 Å². The highest BCUT2D eigenvalue weighted by molar-refractivity contribution is 5.45. The van der Waals surface area contributed by atoms with Crippen LogP contribution in [0.25, 0.3) is 5.65 Å². The molecule has 2 aromatic heterocycles. The Labute approximate surface area is 91.9 Å². The number of rotatable bonds is 1. The number of piperidine rings is 1. The minimum absolute atomic E-state index is 0.283. The second-order valence-corrected chi connectivity index (χ2v) is 4.04. The molecule has 6 nitrogen and oxygen atoms in total. The third-order valence-electron chi connectivity index (χ3n) is 2.94. The standard InChI is InChI=1S/C10H13N5O/c16-10-12-11-8-4-5-9(13-15(8)10)14-6-2-1-3-7-14/h4-5H,1-3,6-7H2,(H,12,16). The first-order chi connectivity index (χ1) is 7.84. The highest BCUT2D eigenvalue weighted by atomic mass is 16.2. The highest BCUT2D eigenvalue weighted by Crippen LogP contribution is 2.16. The maximum Gasteiger partial charge on any atom is 0.364 e. The number of anilines is 1. The summed E-state index contributed by atoms with van der Waals surface area (Å²) in [5.41, 5.74) is 0.277. The van der Waals surface area contributed by atoms with Gasteiger partial charge in [0.05, 0.1) is 0 Å². The van der Waals surface area contributed by atoms with Crippen molar-refractivity contribution in [3.63, 3.8) is 0 Å². The molecule has 1 N–H and O–H groups in total. The molecular formula is C10H13N5O. The summed E-state index contributed by atoms with van der Waals surface area (Å²) in [6.07, 6.45) is 3.67. The van der Waals surface area contributed by atoms with E-state index in [1.807, 2.05) is 12.1 Å². The molecule has 1 aliphatic rings. The third kappa shape index (κ3) is 1.46. The molecule has 1 aliphatic heterocycles. The van der Waals surface area contributed by atoms with Crippen LogP contribution < -0.4 is 10.6 Å². The van der Waals surface area contributed by atoms with Crippen LogP contribution in [0.1, 0.15) is 19.3 Å². The Morgan fingerprint density at radius 1 is 1.19 bits per heavy atom. The van der Waals surface area contributed by atoms with Gasteiger partial charge in [-0.15, -0.1) is 5.10 Å². The van der Waals surface area contributed by atoms with Gasteiger partial charge in [-0.05, 0) is 31.4 Å². The zero-order chi connectivity index (χ0) is 11.0. The van der Waals surface area contributed by atoms with Crippen molar-refractivity contribution in [3.05, 3.63) is 22.6 Å². The minimum Gasteiger partial charge on any atom is -0.355 e. The molecular weight excluding hydrogens is 206 g/mol. The van der Waals surface area contributed by atoms with Gasteiger partial charge in [-0.25, -0.2) is 9.89 Å². The molecule has 0 radical (unpaired) electrons. The van der Waals surface area contributed by atoms with Crippen molar-refractivity contribution in [3.8, 4) is 0 Å². The largest absolute Gasteiger partial charge is 0.364 e. The van der Waals surface area contributed by atoms with Gasteiger partial charge in [-0.3, -0.25) is 0 Å². The number of hydrogen-bond acceptors (Lipinski definition) is 4. The topological polar surface area (TPSA) is 66.3 Å². The SMILES string of the molecule is O=c1[nH]nc2ccc(N3CCCCC3)nn12. The summed E-state index contributed by atoms with van der Waals surface area (Å²) in [7, 11) is 0. The highest BCUT2D eigenvalue weighted by Gasteiger charge is 2.13. The van der Waals surface area contributed by atoms with Crippen molar-refractivity contribution >= 4 is 11.5 Å². The van der Waals surface area contributed by atoms with Crippen molar-refractivity contribution in [2.75, 3.05) is 18.0 Å². The molecule has 0 spiro atoms. The summed E-state index contributed by atoms with van der Waals surface area (Å²) in [4.78, 5) is 13.6. The molecule has 0 aromatic carbocycles. The molecule has 0 amide bonds. The maximum absolute atomic E-state index is 11.4. The molecule has 2 aromatic rings. The number of H-pyrrole nitrogens is 1. The van der Waals surface area contributed by atoms with E-state index in [0.717, 1.165) is 18.9 Å². The van der Waals surface area contributed by atoms with Gasteiger partial charge in [0.25, 0.3) is 0 Å². The zero-order valence-corrected chi connectivity index (χ0v) is 8.89. The van der Waals surface area contributed by atoms with Crippen molar-refractivity contribution in [1.82, 2.24) is 19.8 Å². The lowest BCUT2D eigenvalue weighted by molar-refractivity contribution is 0.569. The summed E-state index contributed by atoms with van der Waals surface area (Å²) in [5, 5.41) is 10.5. The molecule has 84 valence electrons. The van der Waals surface area contributed by atoms with Crippen molar-refractivity contribution in [2.45, 2.75) is 19.3 Å². The lowest BCUT2D eigenvalue weighted by Gasteiger charge is -2.27. The van der Waals surface area contributed by atoms with E-state index in [4.69, 9.17) is 0 Å². The van der Waals surface area contributed by atoms with Gasteiger partial charge in [0.1, 0.15) is 5.82 Å². The molecule has 0 bridgehead atoms. The summed E-state index contributed by atoms with van der Waals surface area (Å²) >= 11 is 0. The van der Waals surface area contributed by atoms with E-state index in [-0.39, 0.29) is 5.69 Å². The van der Waals surface area contributed by atoms with Crippen LogP contribution in [0.3, 0.4) is 0 Å². The lowest BCUT2D eigenvalue weighted by atomic mass is 10.1. The van der Waals surface area contributed by atoms with Crippen LogP contribution >= 0.6 is 0 Å². The average molecular weight is 219 g/mol. The van der Waals surface area contributed by atoms with E-state index < -0.39 is 0 Å². The third-order valence-corrected chi connectivity index (χ3v) is 2.94. The number of nitrogens with zero attached hydrogens (tertiary/aromatic N) is 4. The number of hydrogen-bond donors (Lipinski definition) is 1. The van der Waals surface area contributed by atoms with Crippen LogP contribution in [0.4, 0.5) is 5.82 Å². The van der Waals surface area contributed by atoms with Crippen LogP contribution in [-0.4, -0.2) is 32.9 Å². The van der Waals surface area contributed by atoms with E-state index in [1.54, 1.807) is 0 Å². The Morgan fingerprint density at radius 3 is 2.81 bits per heavy atom. The fraction of sp³-hybridized carbons (Fsp3) is 0.500. The molecule has 3 rings (SSSR count). The lowest BCUT2D eigenvalue weighted by Crippen LogP contribution is -2.31. The van der Waals surface area contributed by atoms with E-state index in [9.17, 15) is 4.79 Å². The fourth-order valence-corrected chi connectivity index (χ4v) is 2.08. The second-order valence-electron chi connectivity index (χ2n) is 4.04. The molecule has 0 atom stereocenters. The van der Waals surface area contributed by atoms with Crippen molar-refractivity contribution < 1.29 is 0 Å². The summed E-state index contributed by atoms with van der Waals surface area (Å²) in [6, 6.07) is 3.73. The van der Waals surface area contributed by atoms with Gasteiger partial charge in [-0.1, -0.05) is 0 Å².